The van der Waals surface area contributed by atoms with Crippen LogP contribution in [0.1, 0.15) is 15.9 Å². The van der Waals surface area contributed by atoms with Gasteiger partial charge >= 0.3 is 6.18 Å². The summed E-state index contributed by atoms with van der Waals surface area (Å²) >= 11 is 1.47. The molecule has 0 atom stereocenters. The van der Waals surface area contributed by atoms with Crippen LogP contribution in [0.5, 0.6) is 0 Å². The van der Waals surface area contributed by atoms with Crippen molar-refractivity contribution in [2.45, 2.75) is 16.0 Å². The molecule has 2 aromatic rings. The summed E-state index contributed by atoms with van der Waals surface area (Å²) in [7, 11) is -4.10. The van der Waals surface area contributed by atoms with Crippen molar-refractivity contribution in [1.29, 1.82) is 0 Å². The molecule has 1 amide bonds. The van der Waals surface area contributed by atoms with Crippen LogP contribution >= 0.6 is 11.8 Å². The van der Waals surface area contributed by atoms with Crippen LogP contribution in [-0.2, 0) is 20.9 Å². The number of alkyl halides is 3. The number of halogens is 3. The molecule has 4 rings (SSSR count). The number of amides is 1. The van der Waals surface area contributed by atoms with E-state index in [4.69, 9.17) is 4.74 Å². The van der Waals surface area contributed by atoms with Crippen molar-refractivity contribution in [2.75, 3.05) is 42.9 Å². The number of ether oxygens (including phenoxy) is 1. The van der Waals surface area contributed by atoms with Gasteiger partial charge in [-0.15, -0.1) is 11.8 Å². The van der Waals surface area contributed by atoms with Crippen LogP contribution in [0.4, 0.5) is 18.9 Å². The summed E-state index contributed by atoms with van der Waals surface area (Å²) in [4.78, 5) is 14.9. The number of carbonyl (C=O) groups excluding carboxylic acids is 1. The van der Waals surface area contributed by atoms with E-state index in [0.717, 1.165) is 28.6 Å². The molecule has 0 radical (unpaired) electrons. The maximum atomic E-state index is 13.2. The van der Waals surface area contributed by atoms with E-state index in [1.165, 1.54) is 11.8 Å². The van der Waals surface area contributed by atoms with Gasteiger partial charge in [-0.05, 0) is 42.5 Å². The average Bonchev–Trinajstić information content (AvgIpc) is 2.78. The van der Waals surface area contributed by atoms with Gasteiger partial charge in [-0.3, -0.25) is 9.10 Å². The second-order valence-corrected chi connectivity index (χ2v) is 10.0. The fraction of sp³-hybridized carbons (Fsp3) is 0.350. The predicted octanol–water partition coefficient (Wildman–Crippen LogP) is 3.48. The predicted molar refractivity (Wildman–Crippen MR) is 110 cm³/mol. The lowest BCUT2D eigenvalue weighted by atomic mass is 10.1. The van der Waals surface area contributed by atoms with E-state index in [-0.39, 0.29) is 17.3 Å². The van der Waals surface area contributed by atoms with Crippen molar-refractivity contribution in [3.63, 3.8) is 0 Å². The highest BCUT2D eigenvalue weighted by Gasteiger charge is 2.33. The van der Waals surface area contributed by atoms with Crippen molar-refractivity contribution in [1.82, 2.24) is 4.90 Å². The van der Waals surface area contributed by atoms with Gasteiger partial charge in [0.25, 0.3) is 15.9 Å². The molecule has 0 saturated carbocycles. The summed E-state index contributed by atoms with van der Waals surface area (Å²) in [5.41, 5.74) is -0.203. The van der Waals surface area contributed by atoms with Gasteiger partial charge in [0.1, 0.15) is 0 Å². The summed E-state index contributed by atoms with van der Waals surface area (Å²) < 4.78 is 71.4. The number of morpholine rings is 1. The minimum atomic E-state index is -4.55. The third kappa shape index (κ3) is 4.39. The zero-order valence-corrected chi connectivity index (χ0v) is 17.9. The van der Waals surface area contributed by atoms with Crippen LogP contribution in [0, 0.1) is 0 Å². The van der Waals surface area contributed by atoms with Crippen LogP contribution < -0.4 is 4.31 Å². The minimum absolute atomic E-state index is 0.149. The Morgan fingerprint density at radius 3 is 2.32 bits per heavy atom. The second-order valence-electron chi connectivity index (χ2n) is 7.03. The summed E-state index contributed by atoms with van der Waals surface area (Å²) in [5, 5.41) is 0. The maximum absolute atomic E-state index is 13.2. The number of hydrogen-bond acceptors (Lipinski definition) is 5. The van der Waals surface area contributed by atoms with Crippen LogP contribution in [0.2, 0.25) is 0 Å². The first-order chi connectivity index (χ1) is 14.7. The van der Waals surface area contributed by atoms with Crippen molar-refractivity contribution < 1.29 is 31.1 Å². The first kappa shape index (κ1) is 22.0. The standard InChI is InChI=1S/C20H19F3N2O4S2/c21-20(22,23)15-2-4-16(5-3-15)31(27,28)25-9-12-30-18-6-1-14(13-17(18)25)19(26)24-7-10-29-11-8-24/h1-6,13H,7-12H2. The van der Waals surface area contributed by atoms with Crippen molar-refractivity contribution in [2.24, 2.45) is 0 Å². The topological polar surface area (TPSA) is 66.9 Å². The molecular formula is C20H19F3N2O4S2. The SMILES string of the molecule is O=C(c1ccc2c(c1)N(S(=O)(=O)c1ccc(C(F)(F)F)cc1)CCS2)N1CCOCC1. The number of thioether (sulfide) groups is 1. The van der Waals surface area contributed by atoms with Gasteiger partial charge in [-0.2, -0.15) is 13.2 Å². The zero-order chi connectivity index (χ0) is 22.2. The second kappa shape index (κ2) is 8.36. The van der Waals surface area contributed by atoms with E-state index in [0.29, 0.717) is 48.2 Å². The maximum Gasteiger partial charge on any atom is 0.416 e. The van der Waals surface area contributed by atoms with Gasteiger partial charge in [0, 0.05) is 35.8 Å². The Hall–Kier alpha value is -2.24. The van der Waals surface area contributed by atoms with E-state index in [1.54, 1.807) is 23.1 Å². The first-order valence-electron chi connectivity index (χ1n) is 9.52. The van der Waals surface area contributed by atoms with Gasteiger partial charge < -0.3 is 9.64 Å². The fourth-order valence-electron chi connectivity index (χ4n) is 3.47. The van der Waals surface area contributed by atoms with E-state index >= 15 is 0 Å². The quantitative estimate of drug-likeness (QED) is 0.685. The molecule has 6 nitrogen and oxygen atoms in total. The number of hydrogen-bond donors (Lipinski definition) is 0. The molecule has 2 aromatic carbocycles. The zero-order valence-electron chi connectivity index (χ0n) is 16.3. The lowest BCUT2D eigenvalue weighted by Gasteiger charge is -2.31. The molecule has 1 saturated heterocycles. The summed E-state index contributed by atoms with van der Waals surface area (Å²) in [6, 6.07) is 8.35. The first-order valence-corrected chi connectivity index (χ1v) is 11.9. The molecule has 0 bridgehead atoms. The van der Waals surface area contributed by atoms with Crippen molar-refractivity contribution >= 4 is 33.4 Å². The highest BCUT2D eigenvalue weighted by Crippen LogP contribution is 2.39. The van der Waals surface area contributed by atoms with Crippen LogP contribution in [0.3, 0.4) is 0 Å². The average molecular weight is 473 g/mol. The van der Waals surface area contributed by atoms with E-state index in [9.17, 15) is 26.4 Å². The van der Waals surface area contributed by atoms with Gasteiger partial charge in [0.15, 0.2) is 0 Å². The molecule has 2 heterocycles. The number of carbonyl (C=O) groups is 1. The smallest absolute Gasteiger partial charge is 0.378 e. The molecule has 0 aromatic heterocycles. The number of fused-ring (bicyclic) bond motifs is 1. The Balaban J connectivity index is 1.67. The molecular weight excluding hydrogens is 453 g/mol. The lowest BCUT2D eigenvalue weighted by Crippen LogP contribution is -2.41. The molecule has 2 aliphatic heterocycles. The molecule has 166 valence electrons. The van der Waals surface area contributed by atoms with Gasteiger partial charge in [0.05, 0.1) is 29.4 Å². The number of nitrogens with zero attached hydrogens (tertiary/aromatic N) is 2. The molecule has 0 unspecified atom stereocenters. The van der Waals surface area contributed by atoms with Gasteiger partial charge in [0.2, 0.25) is 0 Å². The van der Waals surface area contributed by atoms with Crippen LogP contribution in [0.15, 0.2) is 52.3 Å². The Morgan fingerprint density at radius 1 is 1.00 bits per heavy atom. The molecule has 0 N–H and O–H groups in total. The molecule has 31 heavy (non-hydrogen) atoms. The monoisotopic (exact) mass is 472 g/mol. The van der Waals surface area contributed by atoms with Crippen LogP contribution in [0.25, 0.3) is 0 Å². The van der Waals surface area contributed by atoms with Gasteiger partial charge in [-0.25, -0.2) is 8.42 Å². The molecule has 2 aliphatic rings. The Labute approximate surface area is 182 Å². The normalized spacial score (nSPS) is 17.4. The fourth-order valence-corrected chi connectivity index (χ4v) is 6.09. The van der Waals surface area contributed by atoms with E-state index in [2.05, 4.69) is 0 Å². The molecule has 11 heteroatoms. The van der Waals surface area contributed by atoms with Crippen molar-refractivity contribution in [3.05, 3.63) is 53.6 Å². The van der Waals surface area contributed by atoms with E-state index in [1.807, 2.05) is 0 Å². The summed E-state index contributed by atoms with van der Waals surface area (Å²) in [6.45, 7) is 1.95. The Morgan fingerprint density at radius 2 is 1.68 bits per heavy atom. The number of anilines is 1. The third-order valence-electron chi connectivity index (χ3n) is 5.09. The minimum Gasteiger partial charge on any atom is -0.378 e. The van der Waals surface area contributed by atoms with Crippen LogP contribution in [-0.4, -0.2) is 57.8 Å². The Bertz CT molecular complexity index is 1080. The molecule has 0 spiro atoms. The summed E-state index contributed by atoms with van der Waals surface area (Å²) in [5.74, 6) is 0.275. The third-order valence-corrected chi connectivity index (χ3v) is 7.96. The number of rotatable bonds is 3. The number of benzene rings is 2. The van der Waals surface area contributed by atoms with Crippen molar-refractivity contribution in [3.8, 4) is 0 Å². The highest BCUT2D eigenvalue weighted by atomic mass is 32.2. The van der Waals surface area contributed by atoms with Gasteiger partial charge in [-0.1, -0.05) is 0 Å². The number of sulfonamides is 1. The Kier molecular flexibility index (Phi) is 5.93. The van der Waals surface area contributed by atoms with E-state index < -0.39 is 21.8 Å². The summed E-state index contributed by atoms with van der Waals surface area (Å²) in [6.07, 6.45) is -4.55. The lowest BCUT2D eigenvalue weighted by molar-refractivity contribution is -0.137. The highest BCUT2D eigenvalue weighted by molar-refractivity contribution is 8.00. The largest absolute Gasteiger partial charge is 0.416 e. The molecule has 0 aliphatic carbocycles. The molecule has 1 fully saturated rings.